The maximum Gasteiger partial charge on any atom is 0.296 e. The number of benzene rings is 3. The highest BCUT2D eigenvalue weighted by atomic mass is 35.5. The number of halogens is 2. The van der Waals surface area contributed by atoms with Crippen molar-refractivity contribution in [2.75, 3.05) is 23.1 Å². The maximum atomic E-state index is 13.8. The average molecular weight is 524 g/mol. The van der Waals surface area contributed by atoms with Gasteiger partial charge in [-0.2, -0.15) is 8.42 Å². The third kappa shape index (κ3) is 5.81. The van der Waals surface area contributed by atoms with Gasteiger partial charge in [-0.3, -0.25) is 9.35 Å². The Morgan fingerprint density at radius 1 is 1.06 bits per heavy atom. The van der Waals surface area contributed by atoms with Gasteiger partial charge in [0.25, 0.3) is 16.0 Å². The van der Waals surface area contributed by atoms with E-state index < -0.39 is 26.7 Å². The van der Waals surface area contributed by atoms with Gasteiger partial charge >= 0.3 is 0 Å². The number of carbonyl (C=O) groups is 1. The Bertz CT molecular complexity index is 1380. The third-order valence-corrected chi connectivity index (χ3v) is 6.40. The van der Waals surface area contributed by atoms with Crippen molar-refractivity contribution in [2.45, 2.75) is 11.8 Å². The topological polar surface area (TPSA) is 117 Å². The Hall–Kier alpha value is -3.25. The number of amides is 1. The predicted molar refractivity (Wildman–Crippen MR) is 133 cm³/mol. The molecule has 0 saturated heterocycles. The SMILES string of the molecule is COc1cc(NC(=O)c2ccccc2F)ccc1NC(=S)Nc1ccc(S(=O)(=O)O)c(Cl)c1C. The number of nitrogens with one attached hydrogen (secondary N) is 3. The van der Waals surface area contributed by atoms with Crippen LogP contribution in [-0.2, 0) is 10.1 Å². The zero-order valence-electron chi connectivity index (χ0n) is 17.8. The van der Waals surface area contributed by atoms with E-state index in [9.17, 15) is 22.2 Å². The molecule has 3 aromatic rings. The number of carbonyl (C=O) groups excluding carboxylic acids is 1. The minimum Gasteiger partial charge on any atom is -0.494 e. The molecule has 3 rings (SSSR count). The highest BCUT2D eigenvalue weighted by Crippen LogP contribution is 2.32. The summed E-state index contributed by atoms with van der Waals surface area (Å²) < 4.78 is 51.2. The van der Waals surface area contributed by atoms with Crippen LogP contribution in [0.2, 0.25) is 5.02 Å². The summed E-state index contributed by atoms with van der Waals surface area (Å²) >= 11 is 11.4. The fraction of sp³-hybridized carbons (Fsp3) is 0.0909. The van der Waals surface area contributed by atoms with Crippen LogP contribution in [0.5, 0.6) is 5.75 Å². The monoisotopic (exact) mass is 523 g/mol. The number of hydrogen-bond acceptors (Lipinski definition) is 5. The number of methoxy groups -OCH3 is 1. The molecule has 0 aromatic heterocycles. The number of hydrogen-bond donors (Lipinski definition) is 4. The fourth-order valence-corrected chi connectivity index (χ4v) is 4.28. The van der Waals surface area contributed by atoms with E-state index in [4.69, 9.17) is 28.6 Å². The van der Waals surface area contributed by atoms with Crippen LogP contribution in [0.3, 0.4) is 0 Å². The van der Waals surface area contributed by atoms with Gasteiger partial charge in [0, 0.05) is 17.4 Å². The number of thiocarbonyl (C=S) groups is 1. The van der Waals surface area contributed by atoms with Gasteiger partial charge < -0.3 is 20.7 Å². The zero-order chi connectivity index (χ0) is 25.0. The van der Waals surface area contributed by atoms with Gasteiger partial charge in [-0.15, -0.1) is 0 Å². The average Bonchev–Trinajstić information content (AvgIpc) is 2.77. The first-order chi connectivity index (χ1) is 16.0. The van der Waals surface area contributed by atoms with Crippen molar-refractivity contribution in [1.29, 1.82) is 0 Å². The van der Waals surface area contributed by atoms with Crippen molar-refractivity contribution in [2.24, 2.45) is 0 Å². The number of rotatable bonds is 6. The Kier molecular flexibility index (Phi) is 7.72. The van der Waals surface area contributed by atoms with Gasteiger partial charge in [0.15, 0.2) is 5.11 Å². The molecule has 34 heavy (non-hydrogen) atoms. The second-order valence-electron chi connectivity index (χ2n) is 6.95. The highest BCUT2D eigenvalue weighted by Gasteiger charge is 2.19. The fourth-order valence-electron chi connectivity index (χ4n) is 2.99. The Morgan fingerprint density at radius 3 is 2.35 bits per heavy atom. The Morgan fingerprint density at radius 2 is 1.71 bits per heavy atom. The van der Waals surface area contributed by atoms with Crippen LogP contribution in [0, 0.1) is 12.7 Å². The van der Waals surface area contributed by atoms with Crippen LogP contribution in [0.15, 0.2) is 59.5 Å². The molecule has 0 aliphatic heterocycles. The molecule has 0 radical (unpaired) electrons. The smallest absolute Gasteiger partial charge is 0.296 e. The van der Waals surface area contributed by atoms with Crippen molar-refractivity contribution in [3.05, 3.63) is 76.6 Å². The molecule has 0 saturated carbocycles. The lowest BCUT2D eigenvalue weighted by Crippen LogP contribution is -2.20. The molecule has 0 bridgehead atoms. The van der Waals surface area contributed by atoms with Crippen LogP contribution < -0.4 is 20.7 Å². The lowest BCUT2D eigenvalue weighted by molar-refractivity contribution is 0.102. The van der Waals surface area contributed by atoms with Gasteiger partial charge in [-0.05, 0) is 61.1 Å². The lowest BCUT2D eigenvalue weighted by atomic mass is 10.2. The van der Waals surface area contributed by atoms with Crippen LogP contribution in [0.1, 0.15) is 15.9 Å². The molecular weight excluding hydrogens is 505 g/mol. The molecule has 178 valence electrons. The van der Waals surface area contributed by atoms with Gasteiger partial charge in [0.2, 0.25) is 0 Å². The predicted octanol–water partition coefficient (Wildman–Crippen LogP) is 5.10. The molecule has 3 aromatic carbocycles. The van der Waals surface area contributed by atoms with Crippen molar-refractivity contribution in [3.63, 3.8) is 0 Å². The summed E-state index contributed by atoms with van der Waals surface area (Å²) in [5.41, 5.74) is 1.52. The van der Waals surface area contributed by atoms with E-state index in [1.807, 2.05) is 0 Å². The van der Waals surface area contributed by atoms with Crippen LogP contribution >= 0.6 is 23.8 Å². The molecule has 0 aliphatic rings. The minimum atomic E-state index is -4.47. The van der Waals surface area contributed by atoms with E-state index in [2.05, 4.69) is 16.0 Å². The molecule has 0 aliphatic carbocycles. The van der Waals surface area contributed by atoms with E-state index in [0.717, 1.165) is 6.07 Å². The van der Waals surface area contributed by atoms with E-state index in [0.29, 0.717) is 28.4 Å². The first-order valence-electron chi connectivity index (χ1n) is 9.59. The minimum absolute atomic E-state index is 0.0944. The summed E-state index contributed by atoms with van der Waals surface area (Å²) in [5, 5.41) is 8.44. The molecule has 8 nitrogen and oxygen atoms in total. The van der Waals surface area contributed by atoms with E-state index in [1.54, 1.807) is 25.1 Å². The molecule has 0 unspecified atom stereocenters. The van der Waals surface area contributed by atoms with E-state index in [1.165, 1.54) is 37.4 Å². The largest absolute Gasteiger partial charge is 0.494 e. The molecule has 12 heteroatoms. The summed E-state index contributed by atoms with van der Waals surface area (Å²) in [6.45, 7) is 1.57. The number of anilines is 3. The summed E-state index contributed by atoms with van der Waals surface area (Å²) in [6.07, 6.45) is 0. The van der Waals surface area contributed by atoms with Crippen molar-refractivity contribution < 1.29 is 26.9 Å². The van der Waals surface area contributed by atoms with Crippen LogP contribution in [-0.4, -0.2) is 31.1 Å². The molecule has 0 spiro atoms. The molecule has 0 atom stereocenters. The second-order valence-corrected chi connectivity index (χ2v) is 9.13. The third-order valence-electron chi connectivity index (χ3n) is 4.70. The zero-order valence-corrected chi connectivity index (χ0v) is 20.2. The Labute approximate surface area is 205 Å². The maximum absolute atomic E-state index is 13.8. The van der Waals surface area contributed by atoms with Gasteiger partial charge in [0.05, 0.1) is 23.4 Å². The highest BCUT2D eigenvalue weighted by molar-refractivity contribution is 7.86. The van der Waals surface area contributed by atoms with Gasteiger partial charge in [-0.25, -0.2) is 4.39 Å². The van der Waals surface area contributed by atoms with Crippen LogP contribution in [0.25, 0.3) is 0 Å². The van der Waals surface area contributed by atoms with Gasteiger partial charge in [0.1, 0.15) is 16.5 Å². The van der Waals surface area contributed by atoms with E-state index in [-0.39, 0.29) is 15.7 Å². The normalized spacial score (nSPS) is 11.0. The van der Waals surface area contributed by atoms with Crippen molar-refractivity contribution in [1.82, 2.24) is 0 Å². The first kappa shape index (κ1) is 25.4. The summed E-state index contributed by atoms with van der Waals surface area (Å²) in [7, 11) is -3.04. The van der Waals surface area contributed by atoms with Gasteiger partial charge in [-0.1, -0.05) is 23.7 Å². The first-order valence-corrected chi connectivity index (χ1v) is 11.8. The molecule has 4 N–H and O–H groups in total. The quantitative estimate of drug-likeness (QED) is 0.260. The van der Waals surface area contributed by atoms with Crippen molar-refractivity contribution >= 4 is 62.0 Å². The lowest BCUT2D eigenvalue weighted by Gasteiger charge is -2.17. The van der Waals surface area contributed by atoms with Crippen molar-refractivity contribution in [3.8, 4) is 5.75 Å². The number of ether oxygens (including phenoxy) is 1. The summed E-state index contributed by atoms with van der Waals surface area (Å²) in [5.74, 6) is -0.910. The molecule has 1 amide bonds. The Balaban J connectivity index is 1.75. The standard InChI is InChI=1S/C22H19ClFN3O5S2/c1-12-16(9-10-19(20(12)23)34(29,30)31)26-22(33)27-17-8-7-13(11-18(17)32-2)25-21(28)14-5-3-4-6-15(14)24/h3-11H,1-2H3,(H,25,28)(H2,26,27,33)(H,29,30,31). The summed E-state index contributed by atoms with van der Waals surface area (Å²) in [6, 6.07) is 12.9. The molecule has 0 fully saturated rings. The van der Waals surface area contributed by atoms with Crippen LogP contribution in [0.4, 0.5) is 21.5 Å². The molecule has 0 heterocycles. The summed E-state index contributed by atoms with van der Waals surface area (Å²) in [4.78, 5) is 11.9. The second kappa shape index (κ2) is 10.3. The molecular formula is C22H19ClFN3O5S2. The van der Waals surface area contributed by atoms with E-state index >= 15 is 0 Å².